The van der Waals surface area contributed by atoms with Crippen LogP contribution >= 0.6 is 11.3 Å². The smallest absolute Gasteiger partial charge is 0.162 e. The molecular weight excluding hydrogens is 911 g/mol. The molecule has 0 fully saturated rings. The molecule has 2 heterocycles. The molecule has 2 aromatic heterocycles. The van der Waals surface area contributed by atoms with E-state index in [0.717, 1.165) is 36.9 Å². The molecule has 57 heavy (non-hydrogen) atoms. The second-order valence-electron chi connectivity index (χ2n) is 16.7. The Hall–Kier alpha value is -2.89. The normalized spacial score (nSPS) is 12.5. The predicted molar refractivity (Wildman–Crippen MR) is 249 cm³/mol. The largest absolute Gasteiger partial charge is 0.512 e. The van der Waals surface area contributed by atoms with Gasteiger partial charge in [0.1, 0.15) is 8.07 Å². The van der Waals surface area contributed by atoms with Crippen LogP contribution in [-0.2, 0) is 30.3 Å². The number of aryl methyl sites for hydroxylation is 1. The summed E-state index contributed by atoms with van der Waals surface area (Å²) in [7, 11) is -2.16. The van der Waals surface area contributed by atoms with Crippen molar-refractivity contribution in [3.8, 4) is 11.3 Å². The predicted octanol–water partition coefficient (Wildman–Crippen LogP) is 14.3. The fourth-order valence-electron chi connectivity index (χ4n) is 9.38. The molecule has 1 radical (unpaired) electrons. The standard InChI is InChI=1S/C38H46NSSi.C13H24O2.Ir/c1-9-29(10-2)41(30(11-3)12-4,31-19-14-13-15-20-31)37-26(5)32-22-23-39-35(36(32)40-37)28-24-27-18-16-17-21-33(27)34(25-28)38(6,7)8;1-5-10(6-2)12(14)9-13(15)11(7-3)8-4;/h13-23,25,29-30H,9-12H2,1-8H3;9-11,14H,5-8H2,1-4H3;/q-1;;/b;12-9-;. The molecule has 3 aromatic carbocycles. The number of hydrogen-bond donors (Lipinski definition) is 1. The molecule has 0 atom stereocenters. The number of pyridine rings is 1. The summed E-state index contributed by atoms with van der Waals surface area (Å²) >= 11 is 2.06. The molecule has 0 unspecified atom stereocenters. The maximum Gasteiger partial charge on any atom is 0.162 e. The van der Waals surface area contributed by atoms with Gasteiger partial charge >= 0.3 is 0 Å². The Labute approximate surface area is 364 Å². The molecule has 0 aliphatic carbocycles. The second-order valence-corrected chi connectivity index (χ2v) is 22.6. The Morgan fingerprint density at radius 1 is 0.772 bits per heavy atom. The summed E-state index contributed by atoms with van der Waals surface area (Å²) in [5.41, 5.74) is 6.45. The maximum atomic E-state index is 11.7. The first-order chi connectivity index (χ1) is 26.8. The minimum Gasteiger partial charge on any atom is -0.512 e. The van der Waals surface area contributed by atoms with E-state index in [2.05, 4.69) is 140 Å². The number of benzene rings is 3. The molecule has 6 heteroatoms. The number of aliphatic hydroxyl groups excluding tert-OH is 1. The van der Waals surface area contributed by atoms with Gasteiger partial charge in [0.25, 0.3) is 0 Å². The van der Waals surface area contributed by atoms with Gasteiger partial charge in [0.2, 0.25) is 0 Å². The number of carbonyl (C=O) groups is 1. The van der Waals surface area contributed by atoms with E-state index in [1.165, 1.54) is 63.7 Å². The van der Waals surface area contributed by atoms with E-state index in [1.807, 2.05) is 33.9 Å². The van der Waals surface area contributed by atoms with Crippen LogP contribution in [0.25, 0.3) is 32.1 Å². The molecule has 0 saturated heterocycles. The van der Waals surface area contributed by atoms with Crippen molar-refractivity contribution >= 4 is 55.7 Å². The molecular formula is C51H70IrNO2SSi-. The van der Waals surface area contributed by atoms with Gasteiger partial charge in [0.05, 0.1) is 5.76 Å². The van der Waals surface area contributed by atoms with Gasteiger partial charge in [-0.15, -0.1) is 29.1 Å². The number of aromatic nitrogens is 1. The average Bonchev–Trinajstić information content (AvgIpc) is 3.54. The summed E-state index contributed by atoms with van der Waals surface area (Å²) in [6.45, 7) is 27.1. The van der Waals surface area contributed by atoms with Gasteiger partial charge < -0.3 is 5.11 Å². The van der Waals surface area contributed by atoms with E-state index in [0.29, 0.717) is 11.1 Å². The quantitative estimate of drug-likeness (QED) is 0.0464. The monoisotopic (exact) mass is 981 g/mol. The van der Waals surface area contributed by atoms with Crippen LogP contribution in [0.5, 0.6) is 0 Å². The van der Waals surface area contributed by atoms with Crippen LogP contribution < -0.4 is 9.69 Å². The number of hydrogen-bond acceptors (Lipinski definition) is 4. The zero-order valence-electron chi connectivity index (χ0n) is 37.0. The Morgan fingerprint density at radius 2 is 1.32 bits per heavy atom. The number of ketones is 1. The maximum absolute atomic E-state index is 11.7. The topological polar surface area (TPSA) is 50.2 Å². The van der Waals surface area contributed by atoms with Crippen LogP contribution in [0.4, 0.5) is 0 Å². The first-order valence-electron chi connectivity index (χ1n) is 21.7. The molecule has 3 nitrogen and oxygen atoms in total. The van der Waals surface area contributed by atoms with Gasteiger partial charge in [0.15, 0.2) is 5.78 Å². The molecule has 311 valence electrons. The third-order valence-corrected chi connectivity index (χ3v) is 21.7. The Bertz CT molecular complexity index is 2030. The Balaban J connectivity index is 0.000000464. The van der Waals surface area contributed by atoms with Crippen molar-refractivity contribution in [2.24, 2.45) is 11.8 Å². The van der Waals surface area contributed by atoms with Crippen molar-refractivity contribution in [3.63, 3.8) is 0 Å². The van der Waals surface area contributed by atoms with Crippen LogP contribution in [0, 0.1) is 24.8 Å². The van der Waals surface area contributed by atoms with E-state index < -0.39 is 8.07 Å². The first kappa shape index (κ1) is 48.5. The molecule has 0 aliphatic heterocycles. The summed E-state index contributed by atoms with van der Waals surface area (Å²) in [6, 6.07) is 28.8. The van der Waals surface area contributed by atoms with Gasteiger partial charge in [-0.3, -0.25) is 9.78 Å². The van der Waals surface area contributed by atoms with Crippen LogP contribution in [0.3, 0.4) is 0 Å². The Kier molecular flexibility index (Phi) is 18.6. The summed E-state index contributed by atoms with van der Waals surface area (Å²) in [4.78, 5) is 16.8. The van der Waals surface area contributed by atoms with E-state index in [1.54, 1.807) is 9.69 Å². The number of rotatable bonds is 16. The summed E-state index contributed by atoms with van der Waals surface area (Å²) < 4.78 is 3.00. The SMILES string of the molecule is CCC(CC)C(=O)/C=C(\O)C(CC)CC.CCC(CC)[Si](c1ccccc1)(c1sc2c(-c3[c-]c4ccccc4c(C(C)(C)C)c3)nccc2c1C)C(CC)CC.[Ir]. The van der Waals surface area contributed by atoms with Crippen molar-refractivity contribution in [1.82, 2.24) is 4.98 Å². The zero-order chi connectivity index (χ0) is 41.2. The molecule has 0 spiro atoms. The number of allylic oxidation sites excluding steroid dienone is 2. The van der Waals surface area contributed by atoms with E-state index in [4.69, 9.17) is 4.98 Å². The van der Waals surface area contributed by atoms with Gasteiger partial charge in [-0.05, 0) is 70.6 Å². The summed E-state index contributed by atoms with van der Waals surface area (Å²) in [6.07, 6.45) is 11.8. The molecule has 5 aromatic rings. The van der Waals surface area contributed by atoms with Crippen molar-refractivity contribution in [1.29, 1.82) is 0 Å². The van der Waals surface area contributed by atoms with Crippen molar-refractivity contribution < 1.29 is 30.0 Å². The molecule has 5 rings (SSSR count). The fraction of sp³-hybridized carbons (Fsp3) is 0.490. The third-order valence-electron chi connectivity index (χ3n) is 12.7. The molecule has 0 amide bonds. The van der Waals surface area contributed by atoms with E-state index >= 15 is 0 Å². The van der Waals surface area contributed by atoms with Crippen molar-refractivity contribution in [2.75, 3.05) is 0 Å². The van der Waals surface area contributed by atoms with Crippen LogP contribution in [0.15, 0.2) is 84.8 Å². The number of nitrogens with zero attached hydrogens (tertiary/aromatic N) is 1. The van der Waals surface area contributed by atoms with Gasteiger partial charge in [-0.2, -0.15) is 11.3 Å². The number of fused-ring (bicyclic) bond motifs is 2. The van der Waals surface area contributed by atoms with Crippen molar-refractivity contribution in [3.05, 3.63) is 102 Å². The Morgan fingerprint density at radius 3 is 1.84 bits per heavy atom. The van der Waals surface area contributed by atoms with E-state index in [-0.39, 0.29) is 48.9 Å². The number of thiophene rings is 1. The number of aliphatic hydroxyl groups is 1. The molecule has 0 saturated carbocycles. The fourth-order valence-corrected chi connectivity index (χ4v) is 19.5. The van der Waals surface area contributed by atoms with Gasteiger partial charge in [-0.25, -0.2) is 0 Å². The molecule has 0 bridgehead atoms. The van der Waals surface area contributed by atoms with Gasteiger partial charge in [0, 0.05) is 54.6 Å². The van der Waals surface area contributed by atoms with Crippen LogP contribution in [0.2, 0.25) is 11.1 Å². The third kappa shape index (κ3) is 10.3. The average molecular weight is 981 g/mol. The van der Waals surface area contributed by atoms with Crippen molar-refractivity contribution in [2.45, 2.75) is 151 Å². The zero-order valence-corrected chi connectivity index (χ0v) is 41.2. The second kappa shape index (κ2) is 21.9. The van der Waals surface area contributed by atoms with Gasteiger partial charge in [-0.1, -0.05) is 167 Å². The summed E-state index contributed by atoms with van der Waals surface area (Å²) in [5.74, 6) is 0.547. The van der Waals surface area contributed by atoms with Crippen LogP contribution in [-0.4, -0.2) is 23.9 Å². The molecule has 0 aliphatic rings. The van der Waals surface area contributed by atoms with Crippen LogP contribution in [0.1, 0.15) is 139 Å². The van der Waals surface area contributed by atoms with E-state index in [9.17, 15) is 9.90 Å². The number of carbonyl (C=O) groups excluding carboxylic acids is 1. The molecule has 1 N–H and O–H groups in total. The summed E-state index contributed by atoms with van der Waals surface area (Å²) in [5, 5.41) is 15.2. The minimum absolute atomic E-state index is 0. The minimum atomic E-state index is -2.16. The first-order valence-corrected chi connectivity index (χ1v) is 24.6.